The largest absolute Gasteiger partial charge is 0.390 e. The van der Waals surface area contributed by atoms with E-state index in [0.29, 0.717) is 13.0 Å². The van der Waals surface area contributed by atoms with Crippen LogP contribution < -0.4 is 0 Å². The van der Waals surface area contributed by atoms with E-state index in [9.17, 15) is 5.11 Å². The minimum Gasteiger partial charge on any atom is -0.390 e. The van der Waals surface area contributed by atoms with Gasteiger partial charge in [0.25, 0.3) is 0 Å². The van der Waals surface area contributed by atoms with E-state index in [-0.39, 0.29) is 6.10 Å². The van der Waals surface area contributed by atoms with Gasteiger partial charge in [0.2, 0.25) is 0 Å². The van der Waals surface area contributed by atoms with E-state index in [2.05, 4.69) is 17.2 Å². The predicted molar refractivity (Wildman–Crippen MR) is 76.4 cm³/mol. The molecular weight excluding hydrogens is 252 g/mol. The summed E-state index contributed by atoms with van der Waals surface area (Å²) in [6.07, 6.45) is 3.52. The Labute approximate surface area is 119 Å². The molecule has 0 aliphatic carbocycles. The summed E-state index contributed by atoms with van der Waals surface area (Å²) in [4.78, 5) is 0. The van der Waals surface area contributed by atoms with Gasteiger partial charge in [-0.2, -0.15) is 5.10 Å². The molecule has 1 aromatic heterocycles. The number of aryl methyl sites for hydroxylation is 2. The van der Waals surface area contributed by atoms with Crippen LogP contribution in [0.1, 0.15) is 29.3 Å². The van der Waals surface area contributed by atoms with Crippen molar-refractivity contribution < 1.29 is 9.84 Å². The van der Waals surface area contributed by atoms with Gasteiger partial charge in [-0.25, -0.2) is 0 Å². The van der Waals surface area contributed by atoms with E-state index in [4.69, 9.17) is 4.74 Å². The highest BCUT2D eigenvalue weighted by molar-refractivity contribution is 5.31. The van der Waals surface area contributed by atoms with Gasteiger partial charge in [-0.15, -0.1) is 0 Å². The Hall–Kier alpha value is -1.65. The van der Waals surface area contributed by atoms with Gasteiger partial charge in [0.15, 0.2) is 0 Å². The molecule has 4 nitrogen and oxygen atoms in total. The third-order valence-corrected chi connectivity index (χ3v) is 4.00. The molecule has 2 atom stereocenters. The molecule has 3 rings (SSSR count). The molecule has 106 valence electrons. The molecular formula is C16H20N2O2. The molecule has 4 heteroatoms. The van der Waals surface area contributed by atoms with Crippen LogP contribution in [0, 0.1) is 0 Å². The van der Waals surface area contributed by atoms with Crippen LogP contribution in [0.2, 0.25) is 0 Å². The first-order chi connectivity index (χ1) is 9.75. The molecule has 1 aliphatic rings. The maximum absolute atomic E-state index is 10.5. The van der Waals surface area contributed by atoms with Crippen molar-refractivity contribution in [1.29, 1.82) is 0 Å². The zero-order valence-electron chi connectivity index (χ0n) is 11.7. The van der Waals surface area contributed by atoms with Gasteiger partial charge in [0.1, 0.15) is 6.10 Å². The molecule has 0 amide bonds. The Morgan fingerprint density at radius 3 is 3.05 bits per heavy atom. The molecule has 1 aromatic carbocycles. The van der Waals surface area contributed by atoms with Crippen molar-refractivity contribution in [2.45, 2.75) is 31.5 Å². The number of aliphatic hydroxyl groups is 1. The van der Waals surface area contributed by atoms with E-state index in [1.807, 2.05) is 29.9 Å². The van der Waals surface area contributed by atoms with Crippen molar-refractivity contribution >= 4 is 0 Å². The molecule has 0 radical (unpaired) electrons. The van der Waals surface area contributed by atoms with Gasteiger partial charge in [0, 0.05) is 18.9 Å². The first-order valence-corrected chi connectivity index (χ1v) is 7.10. The fourth-order valence-corrected chi connectivity index (χ4v) is 2.84. The average molecular weight is 272 g/mol. The number of ether oxygens (including phenoxy) is 1. The molecule has 0 spiro atoms. The Bertz CT molecular complexity index is 579. The molecule has 20 heavy (non-hydrogen) atoms. The predicted octanol–water partition coefficient (Wildman–Crippen LogP) is 2.03. The Balaban J connectivity index is 1.69. The lowest BCUT2D eigenvalue weighted by atomic mass is 9.92. The number of hydrogen-bond acceptors (Lipinski definition) is 3. The third kappa shape index (κ3) is 2.62. The zero-order valence-corrected chi connectivity index (χ0v) is 11.7. The van der Waals surface area contributed by atoms with Gasteiger partial charge in [-0.05, 0) is 36.5 Å². The van der Waals surface area contributed by atoms with Crippen molar-refractivity contribution in [3.05, 3.63) is 53.3 Å². The molecule has 1 N–H and O–H groups in total. The van der Waals surface area contributed by atoms with Crippen LogP contribution in [0.3, 0.4) is 0 Å². The van der Waals surface area contributed by atoms with Gasteiger partial charge in [0.05, 0.1) is 12.7 Å². The number of nitrogens with zero attached hydrogens (tertiary/aromatic N) is 2. The zero-order chi connectivity index (χ0) is 13.9. The van der Waals surface area contributed by atoms with Gasteiger partial charge in [-0.1, -0.05) is 24.3 Å². The summed E-state index contributed by atoms with van der Waals surface area (Å²) in [5.41, 5.74) is 3.56. The summed E-state index contributed by atoms with van der Waals surface area (Å²) >= 11 is 0. The minimum absolute atomic E-state index is 0.201. The monoisotopic (exact) mass is 272 g/mol. The molecule has 0 fully saturated rings. The number of benzene rings is 1. The number of fused-ring (bicyclic) bond motifs is 1. The fraction of sp³-hybridized carbons (Fsp3) is 0.438. The lowest BCUT2D eigenvalue weighted by molar-refractivity contribution is -0.0495. The van der Waals surface area contributed by atoms with Crippen molar-refractivity contribution in [3.63, 3.8) is 0 Å². The van der Waals surface area contributed by atoms with Crippen LogP contribution in [-0.4, -0.2) is 27.6 Å². The maximum Gasteiger partial charge on any atom is 0.109 e. The van der Waals surface area contributed by atoms with E-state index in [1.54, 1.807) is 6.20 Å². The van der Waals surface area contributed by atoms with Crippen molar-refractivity contribution in [1.82, 2.24) is 9.78 Å². The highest BCUT2D eigenvalue weighted by atomic mass is 16.5. The molecule has 0 saturated heterocycles. The first kappa shape index (κ1) is 13.3. The lowest BCUT2D eigenvalue weighted by Gasteiger charge is -2.29. The maximum atomic E-state index is 10.5. The number of aromatic nitrogens is 2. The molecule has 0 saturated carbocycles. The van der Waals surface area contributed by atoms with Crippen LogP contribution in [-0.2, 0) is 24.6 Å². The molecule has 0 bridgehead atoms. The third-order valence-electron chi connectivity index (χ3n) is 4.00. The molecule has 2 aromatic rings. The van der Waals surface area contributed by atoms with Crippen LogP contribution in [0.15, 0.2) is 36.5 Å². The van der Waals surface area contributed by atoms with Crippen molar-refractivity contribution in [2.24, 2.45) is 7.05 Å². The summed E-state index contributed by atoms with van der Waals surface area (Å²) in [5, 5.41) is 14.6. The number of hydrogen-bond donors (Lipinski definition) is 1. The standard InChI is InChI=1S/C16H20N2O2/c1-18-13(8-10-17-18)6-7-15(19)16-14-5-3-2-4-12(14)9-11-20-16/h2-5,8,10,15-16,19H,6-7,9,11H2,1H3. The fourth-order valence-electron chi connectivity index (χ4n) is 2.84. The summed E-state index contributed by atoms with van der Waals surface area (Å²) in [6, 6.07) is 10.2. The van der Waals surface area contributed by atoms with E-state index in [0.717, 1.165) is 24.1 Å². The minimum atomic E-state index is -0.480. The number of rotatable bonds is 4. The lowest BCUT2D eigenvalue weighted by Crippen LogP contribution is -2.27. The summed E-state index contributed by atoms with van der Waals surface area (Å²) in [6.45, 7) is 0.685. The van der Waals surface area contributed by atoms with E-state index >= 15 is 0 Å². The van der Waals surface area contributed by atoms with Crippen LogP contribution >= 0.6 is 0 Å². The summed E-state index contributed by atoms with van der Waals surface area (Å²) in [5.74, 6) is 0. The molecule has 2 heterocycles. The van der Waals surface area contributed by atoms with Crippen LogP contribution in [0.25, 0.3) is 0 Å². The Morgan fingerprint density at radius 1 is 1.40 bits per heavy atom. The quantitative estimate of drug-likeness (QED) is 0.926. The highest BCUT2D eigenvalue weighted by Gasteiger charge is 2.27. The Morgan fingerprint density at radius 2 is 2.25 bits per heavy atom. The van der Waals surface area contributed by atoms with Gasteiger partial charge < -0.3 is 9.84 Å². The van der Waals surface area contributed by atoms with Gasteiger partial charge >= 0.3 is 0 Å². The second-order valence-electron chi connectivity index (χ2n) is 5.29. The van der Waals surface area contributed by atoms with Crippen molar-refractivity contribution in [3.8, 4) is 0 Å². The van der Waals surface area contributed by atoms with Crippen molar-refractivity contribution in [2.75, 3.05) is 6.61 Å². The molecule has 1 aliphatic heterocycles. The highest BCUT2D eigenvalue weighted by Crippen LogP contribution is 2.31. The smallest absolute Gasteiger partial charge is 0.109 e. The number of aliphatic hydroxyl groups excluding tert-OH is 1. The second kappa shape index (κ2) is 5.77. The van der Waals surface area contributed by atoms with E-state index < -0.39 is 6.10 Å². The summed E-state index contributed by atoms with van der Waals surface area (Å²) < 4.78 is 7.64. The SMILES string of the molecule is Cn1nccc1CCC(O)C1OCCc2ccccc21. The Kier molecular flexibility index (Phi) is 3.85. The van der Waals surface area contributed by atoms with Crippen LogP contribution in [0.4, 0.5) is 0 Å². The molecule has 2 unspecified atom stereocenters. The first-order valence-electron chi connectivity index (χ1n) is 7.10. The average Bonchev–Trinajstić information content (AvgIpc) is 2.89. The summed E-state index contributed by atoms with van der Waals surface area (Å²) in [7, 11) is 1.92. The van der Waals surface area contributed by atoms with Gasteiger partial charge in [-0.3, -0.25) is 4.68 Å². The van der Waals surface area contributed by atoms with Crippen LogP contribution in [0.5, 0.6) is 0 Å². The normalized spacial score (nSPS) is 19.6. The second-order valence-corrected chi connectivity index (χ2v) is 5.29. The van der Waals surface area contributed by atoms with E-state index in [1.165, 1.54) is 5.56 Å². The topological polar surface area (TPSA) is 47.3 Å².